The van der Waals surface area contributed by atoms with Crippen molar-refractivity contribution in [2.24, 2.45) is 5.73 Å². The lowest BCUT2D eigenvalue weighted by molar-refractivity contribution is 0.507. The van der Waals surface area contributed by atoms with Crippen molar-refractivity contribution in [3.05, 3.63) is 35.9 Å². The largest absolute Gasteiger partial charge is 0.323 e. The van der Waals surface area contributed by atoms with Gasteiger partial charge in [0.2, 0.25) is 0 Å². The van der Waals surface area contributed by atoms with E-state index in [1.54, 1.807) is 0 Å². The molecule has 74 valence electrons. The number of rotatable bonds is 3. The van der Waals surface area contributed by atoms with Gasteiger partial charge in [-0.15, -0.1) is 12.4 Å². The summed E-state index contributed by atoms with van der Waals surface area (Å²) in [7, 11) is 1.92. The average Bonchev–Trinajstić information content (AvgIpc) is 2.17. The van der Waals surface area contributed by atoms with Crippen molar-refractivity contribution in [1.29, 1.82) is 0 Å². The first kappa shape index (κ1) is 12.4. The minimum Gasteiger partial charge on any atom is -0.323 e. The Morgan fingerprint density at radius 3 is 2.23 bits per heavy atom. The number of hydrogen-bond acceptors (Lipinski definition) is 2. The van der Waals surface area contributed by atoms with Crippen LogP contribution in [0.25, 0.3) is 0 Å². The Balaban J connectivity index is 0.00000144. The fourth-order valence-electron chi connectivity index (χ4n) is 1.14. The topological polar surface area (TPSA) is 38.0 Å². The molecule has 13 heavy (non-hydrogen) atoms. The smallest absolute Gasteiger partial charge is 0.0448 e. The summed E-state index contributed by atoms with van der Waals surface area (Å²) in [5.41, 5.74) is 7.17. The van der Waals surface area contributed by atoms with Gasteiger partial charge in [0.05, 0.1) is 0 Å². The number of hydrogen-bond donors (Lipinski definition) is 2. The molecule has 1 rings (SSSR count). The molecule has 0 spiro atoms. The van der Waals surface area contributed by atoms with Crippen molar-refractivity contribution in [1.82, 2.24) is 5.32 Å². The van der Waals surface area contributed by atoms with E-state index in [1.807, 2.05) is 25.2 Å². The van der Waals surface area contributed by atoms with Crippen molar-refractivity contribution in [3.63, 3.8) is 0 Å². The fourth-order valence-corrected chi connectivity index (χ4v) is 1.14. The third kappa shape index (κ3) is 3.35. The Bertz CT molecular complexity index is 226. The van der Waals surface area contributed by atoms with Gasteiger partial charge in [-0.3, -0.25) is 0 Å². The van der Waals surface area contributed by atoms with E-state index in [0.717, 1.165) is 0 Å². The summed E-state index contributed by atoms with van der Waals surface area (Å²) in [6.45, 7) is 2.08. The van der Waals surface area contributed by atoms with E-state index in [9.17, 15) is 0 Å². The molecule has 0 amide bonds. The van der Waals surface area contributed by atoms with Crippen LogP contribution in [0.2, 0.25) is 0 Å². The van der Waals surface area contributed by atoms with Gasteiger partial charge in [0, 0.05) is 12.1 Å². The maximum absolute atomic E-state index is 5.99. The number of nitrogens with two attached hydrogens (primary N) is 1. The van der Waals surface area contributed by atoms with Crippen LogP contribution in [0.3, 0.4) is 0 Å². The maximum Gasteiger partial charge on any atom is 0.0448 e. The number of halogens is 1. The molecule has 0 aliphatic heterocycles. The summed E-state index contributed by atoms with van der Waals surface area (Å²) in [4.78, 5) is 0. The highest BCUT2D eigenvalue weighted by Gasteiger charge is 2.11. The Morgan fingerprint density at radius 2 is 1.77 bits per heavy atom. The molecule has 1 aromatic rings. The van der Waals surface area contributed by atoms with Crippen LogP contribution in [0.1, 0.15) is 18.5 Å². The number of nitrogens with one attached hydrogen (secondary N) is 1. The van der Waals surface area contributed by atoms with E-state index in [2.05, 4.69) is 24.4 Å². The normalized spacial score (nSPS) is 14.4. The molecule has 3 N–H and O–H groups in total. The fraction of sp³-hybridized carbons (Fsp3) is 0.400. The quantitative estimate of drug-likeness (QED) is 0.780. The molecule has 3 heteroatoms. The molecule has 1 aromatic carbocycles. The first-order valence-electron chi connectivity index (χ1n) is 4.23. The van der Waals surface area contributed by atoms with E-state index < -0.39 is 0 Å². The highest BCUT2D eigenvalue weighted by molar-refractivity contribution is 5.85. The summed E-state index contributed by atoms with van der Waals surface area (Å²) in [6, 6.07) is 10.5. The molecule has 0 bridgehead atoms. The minimum absolute atomic E-state index is 0. The molecule has 0 saturated carbocycles. The standard InChI is InChI=1S/C10H16N2.ClH/c1-8(12-2)10(11)9-6-4-3-5-7-9;/h3-8,10,12H,11H2,1-2H3;1H/t8-,10+;/m0./s1. The van der Waals surface area contributed by atoms with Crippen LogP contribution < -0.4 is 11.1 Å². The second-order valence-electron chi connectivity index (χ2n) is 3.01. The van der Waals surface area contributed by atoms with Crippen molar-refractivity contribution in [2.45, 2.75) is 19.0 Å². The first-order valence-corrected chi connectivity index (χ1v) is 4.23. The van der Waals surface area contributed by atoms with Crippen LogP contribution in [-0.4, -0.2) is 13.1 Å². The van der Waals surface area contributed by atoms with Gasteiger partial charge in [-0.1, -0.05) is 30.3 Å². The van der Waals surface area contributed by atoms with E-state index in [0.29, 0.717) is 6.04 Å². The number of benzene rings is 1. The predicted octanol–water partition coefficient (Wildman–Crippen LogP) is 1.72. The van der Waals surface area contributed by atoms with Gasteiger partial charge in [0.25, 0.3) is 0 Å². The third-order valence-electron chi connectivity index (χ3n) is 2.18. The van der Waals surface area contributed by atoms with Crippen LogP contribution in [0.5, 0.6) is 0 Å². The Kier molecular flexibility index (Phi) is 5.71. The lowest BCUT2D eigenvalue weighted by Gasteiger charge is -2.19. The van der Waals surface area contributed by atoms with Gasteiger partial charge in [0.15, 0.2) is 0 Å². The van der Waals surface area contributed by atoms with Gasteiger partial charge in [-0.05, 0) is 19.5 Å². The lowest BCUT2D eigenvalue weighted by Crippen LogP contribution is -2.34. The molecule has 2 nitrogen and oxygen atoms in total. The summed E-state index contributed by atoms with van der Waals surface area (Å²) in [5.74, 6) is 0. The van der Waals surface area contributed by atoms with E-state index in [-0.39, 0.29) is 18.4 Å². The second kappa shape index (κ2) is 5.97. The molecule has 0 fully saturated rings. The summed E-state index contributed by atoms with van der Waals surface area (Å²) < 4.78 is 0. The zero-order valence-corrected chi connectivity index (χ0v) is 8.84. The SMILES string of the molecule is CN[C@@H](C)[C@@H](N)c1ccccc1.Cl. The Labute approximate surface area is 85.9 Å². The molecule has 0 radical (unpaired) electrons. The molecule has 0 aliphatic carbocycles. The van der Waals surface area contributed by atoms with Gasteiger partial charge in [0.1, 0.15) is 0 Å². The predicted molar refractivity (Wildman–Crippen MR) is 59.1 cm³/mol. The van der Waals surface area contributed by atoms with Crippen LogP contribution >= 0.6 is 12.4 Å². The van der Waals surface area contributed by atoms with E-state index in [1.165, 1.54) is 5.56 Å². The molecule has 0 unspecified atom stereocenters. The van der Waals surface area contributed by atoms with Crippen molar-refractivity contribution in [3.8, 4) is 0 Å². The zero-order valence-electron chi connectivity index (χ0n) is 8.03. The summed E-state index contributed by atoms with van der Waals surface area (Å²) in [6.07, 6.45) is 0. The molecule has 0 heterocycles. The van der Waals surface area contributed by atoms with E-state index in [4.69, 9.17) is 5.73 Å². The molecular formula is C10H17ClN2. The van der Waals surface area contributed by atoms with Crippen molar-refractivity contribution >= 4 is 12.4 Å². The molecule has 0 aromatic heterocycles. The second-order valence-corrected chi connectivity index (χ2v) is 3.01. The first-order chi connectivity index (χ1) is 5.75. The van der Waals surface area contributed by atoms with Crippen LogP contribution in [-0.2, 0) is 0 Å². The summed E-state index contributed by atoms with van der Waals surface area (Å²) >= 11 is 0. The molecular weight excluding hydrogens is 184 g/mol. The molecule has 0 saturated heterocycles. The van der Waals surface area contributed by atoms with Crippen molar-refractivity contribution < 1.29 is 0 Å². The molecule has 2 atom stereocenters. The van der Waals surface area contributed by atoms with Gasteiger partial charge in [-0.25, -0.2) is 0 Å². The van der Waals surface area contributed by atoms with Gasteiger partial charge < -0.3 is 11.1 Å². The lowest BCUT2D eigenvalue weighted by atomic mass is 10.0. The monoisotopic (exact) mass is 200 g/mol. The maximum atomic E-state index is 5.99. The third-order valence-corrected chi connectivity index (χ3v) is 2.18. The summed E-state index contributed by atoms with van der Waals surface area (Å²) in [5, 5.41) is 3.14. The highest BCUT2D eigenvalue weighted by atomic mass is 35.5. The van der Waals surface area contributed by atoms with Crippen molar-refractivity contribution in [2.75, 3.05) is 7.05 Å². The Morgan fingerprint density at radius 1 is 1.23 bits per heavy atom. The van der Waals surface area contributed by atoms with Crippen LogP contribution in [0.4, 0.5) is 0 Å². The zero-order chi connectivity index (χ0) is 8.97. The minimum atomic E-state index is 0. The van der Waals surface area contributed by atoms with Crippen LogP contribution in [0.15, 0.2) is 30.3 Å². The van der Waals surface area contributed by atoms with Gasteiger partial charge in [-0.2, -0.15) is 0 Å². The van der Waals surface area contributed by atoms with Gasteiger partial charge >= 0.3 is 0 Å². The van der Waals surface area contributed by atoms with Crippen LogP contribution in [0, 0.1) is 0 Å². The molecule has 0 aliphatic rings. The highest BCUT2D eigenvalue weighted by Crippen LogP contribution is 2.12. The van der Waals surface area contributed by atoms with E-state index >= 15 is 0 Å². The number of likely N-dealkylation sites (N-methyl/N-ethyl adjacent to an activating group) is 1. The Hall–Kier alpha value is -0.570. The average molecular weight is 201 g/mol.